The molecule has 2 aliphatic rings. The number of nitrogens with one attached hydrogen (secondary N) is 1. The van der Waals surface area contributed by atoms with Crippen LogP contribution in [0.1, 0.15) is 41.2 Å². The summed E-state index contributed by atoms with van der Waals surface area (Å²) in [6.45, 7) is 0. The number of benzene rings is 1. The Hall–Kier alpha value is -1.71. The first kappa shape index (κ1) is 11.4. The maximum absolute atomic E-state index is 12.0. The first-order valence-electron chi connectivity index (χ1n) is 6.31. The molecule has 1 saturated carbocycles. The van der Waals surface area contributed by atoms with Gasteiger partial charge in [-0.25, -0.2) is 0 Å². The third-order valence-corrected chi connectivity index (χ3v) is 4.04. The van der Waals surface area contributed by atoms with E-state index in [1.165, 1.54) is 19.3 Å². The molecule has 1 fully saturated rings. The molecular weight excluding hydrogens is 230 g/mol. The number of fused-ring (bicyclic) bond motifs is 1. The molecule has 1 atom stereocenters. The van der Waals surface area contributed by atoms with Gasteiger partial charge in [0.05, 0.1) is 20.3 Å². The Balaban J connectivity index is 2.04. The van der Waals surface area contributed by atoms with E-state index in [-0.39, 0.29) is 11.9 Å². The summed E-state index contributed by atoms with van der Waals surface area (Å²) in [4.78, 5) is 12.0. The van der Waals surface area contributed by atoms with Crippen LogP contribution in [-0.4, -0.2) is 20.1 Å². The van der Waals surface area contributed by atoms with Gasteiger partial charge in [0.2, 0.25) is 0 Å². The van der Waals surface area contributed by atoms with Crippen LogP contribution >= 0.6 is 0 Å². The maximum atomic E-state index is 12.0. The minimum Gasteiger partial charge on any atom is -0.493 e. The topological polar surface area (TPSA) is 47.6 Å². The number of carbonyl (C=O) groups is 1. The first-order valence-corrected chi connectivity index (χ1v) is 6.31. The summed E-state index contributed by atoms with van der Waals surface area (Å²) >= 11 is 0. The molecule has 0 aromatic heterocycles. The van der Waals surface area contributed by atoms with E-state index in [0.717, 1.165) is 11.1 Å². The smallest absolute Gasteiger partial charge is 0.252 e. The molecule has 18 heavy (non-hydrogen) atoms. The van der Waals surface area contributed by atoms with E-state index in [4.69, 9.17) is 9.47 Å². The van der Waals surface area contributed by atoms with Crippen molar-refractivity contribution >= 4 is 5.91 Å². The number of methoxy groups -OCH3 is 2. The van der Waals surface area contributed by atoms with Crippen molar-refractivity contribution in [1.29, 1.82) is 0 Å². The number of ether oxygens (including phenoxy) is 2. The summed E-state index contributed by atoms with van der Waals surface area (Å²) in [6.07, 6.45) is 3.65. The number of rotatable bonds is 3. The van der Waals surface area contributed by atoms with Gasteiger partial charge in [0.1, 0.15) is 0 Å². The van der Waals surface area contributed by atoms with Gasteiger partial charge in [-0.15, -0.1) is 0 Å². The van der Waals surface area contributed by atoms with Gasteiger partial charge in [0.25, 0.3) is 5.91 Å². The van der Waals surface area contributed by atoms with Crippen molar-refractivity contribution in [1.82, 2.24) is 5.32 Å². The zero-order valence-electron chi connectivity index (χ0n) is 10.7. The second kappa shape index (κ2) is 4.19. The summed E-state index contributed by atoms with van der Waals surface area (Å²) in [6, 6.07) is 3.87. The Bertz CT molecular complexity index is 494. The molecule has 1 aromatic rings. The molecular formula is C14H17NO3. The lowest BCUT2D eigenvalue weighted by molar-refractivity contribution is 0.0932. The van der Waals surface area contributed by atoms with Crippen LogP contribution in [0.25, 0.3) is 0 Å². The van der Waals surface area contributed by atoms with Gasteiger partial charge in [-0.1, -0.05) is 6.42 Å². The zero-order chi connectivity index (χ0) is 12.7. The molecule has 0 saturated heterocycles. The molecule has 1 N–H and O–H groups in total. The standard InChI is InChI=1S/C14H17NO3/c1-17-11-6-9-10(7-12(11)18-2)14(16)15-13(9)8-4-3-5-8/h6-8,13H,3-5H2,1-2H3,(H,15,16). The second-order valence-electron chi connectivity index (χ2n) is 4.94. The van der Waals surface area contributed by atoms with Crippen LogP contribution in [0.4, 0.5) is 0 Å². The Morgan fingerprint density at radius 1 is 1.17 bits per heavy atom. The van der Waals surface area contributed by atoms with E-state index in [0.29, 0.717) is 17.4 Å². The summed E-state index contributed by atoms with van der Waals surface area (Å²) in [5.74, 6) is 1.88. The first-order chi connectivity index (χ1) is 8.74. The highest BCUT2D eigenvalue weighted by atomic mass is 16.5. The third kappa shape index (κ3) is 1.55. The van der Waals surface area contributed by atoms with E-state index in [9.17, 15) is 4.79 Å². The van der Waals surface area contributed by atoms with Crippen LogP contribution in [0.5, 0.6) is 11.5 Å². The van der Waals surface area contributed by atoms with Crippen molar-refractivity contribution in [3.8, 4) is 11.5 Å². The second-order valence-corrected chi connectivity index (χ2v) is 4.94. The van der Waals surface area contributed by atoms with Gasteiger partial charge in [0, 0.05) is 5.56 Å². The molecule has 1 amide bonds. The fraction of sp³-hybridized carbons (Fsp3) is 0.500. The van der Waals surface area contributed by atoms with Crippen molar-refractivity contribution in [2.45, 2.75) is 25.3 Å². The van der Waals surface area contributed by atoms with Gasteiger partial charge >= 0.3 is 0 Å². The minimum absolute atomic E-state index is 0.00264. The van der Waals surface area contributed by atoms with E-state index in [1.807, 2.05) is 6.07 Å². The van der Waals surface area contributed by atoms with Crippen molar-refractivity contribution in [2.75, 3.05) is 14.2 Å². The number of hydrogen-bond donors (Lipinski definition) is 1. The van der Waals surface area contributed by atoms with Crippen LogP contribution in [0.2, 0.25) is 0 Å². The average molecular weight is 247 g/mol. The Labute approximate surface area is 106 Å². The van der Waals surface area contributed by atoms with E-state index >= 15 is 0 Å². The van der Waals surface area contributed by atoms with Crippen molar-refractivity contribution in [3.63, 3.8) is 0 Å². The SMILES string of the molecule is COc1cc2c(cc1OC)C(C1CCC1)NC2=O. The predicted octanol–water partition coefficient (Wildman–Crippen LogP) is 2.29. The third-order valence-electron chi connectivity index (χ3n) is 4.04. The summed E-state index contributed by atoms with van der Waals surface area (Å²) in [5, 5.41) is 3.07. The molecule has 0 spiro atoms. The van der Waals surface area contributed by atoms with E-state index in [2.05, 4.69) is 5.32 Å². The zero-order valence-corrected chi connectivity index (χ0v) is 10.7. The van der Waals surface area contributed by atoms with Crippen molar-refractivity contribution in [2.24, 2.45) is 5.92 Å². The van der Waals surface area contributed by atoms with Gasteiger partial charge in [0.15, 0.2) is 11.5 Å². The number of carbonyl (C=O) groups excluding carboxylic acids is 1. The van der Waals surface area contributed by atoms with E-state index in [1.54, 1.807) is 20.3 Å². The highest BCUT2D eigenvalue weighted by Gasteiger charge is 2.37. The number of amides is 1. The molecule has 1 aliphatic carbocycles. The highest BCUT2D eigenvalue weighted by molar-refractivity contribution is 6.00. The van der Waals surface area contributed by atoms with E-state index < -0.39 is 0 Å². The largest absolute Gasteiger partial charge is 0.493 e. The van der Waals surface area contributed by atoms with Gasteiger partial charge in [-0.3, -0.25) is 4.79 Å². The summed E-state index contributed by atoms with van der Waals surface area (Å²) in [7, 11) is 3.20. The molecule has 4 heteroatoms. The molecule has 0 radical (unpaired) electrons. The Kier molecular flexibility index (Phi) is 2.65. The quantitative estimate of drug-likeness (QED) is 0.891. The Morgan fingerprint density at radius 2 is 1.83 bits per heavy atom. The average Bonchev–Trinajstić information content (AvgIpc) is 2.62. The molecule has 1 unspecified atom stereocenters. The summed E-state index contributed by atoms with van der Waals surface area (Å²) < 4.78 is 10.6. The lowest BCUT2D eigenvalue weighted by Gasteiger charge is -2.31. The van der Waals surface area contributed by atoms with Gasteiger partial charge in [-0.2, -0.15) is 0 Å². The molecule has 96 valence electrons. The minimum atomic E-state index is 0.00264. The molecule has 1 heterocycles. The van der Waals surface area contributed by atoms with Crippen LogP contribution in [-0.2, 0) is 0 Å². The maximum Gasteiger partial charge on any atom is 0.252 e. The predicted molar refractivity (Wildman–Crippen MR) is 67.1 cm³/mol. The molecule has 0 bridgehead atoms. The van der Waals surface area contributed by atoms with Crippen LogP contribution in [0.15, 0.2) is 12.1 Å². The molecule has 1 aliphatic heterocycles. The molecule has 4 nitrogen and oxygen atoms in total. The van der Waals surface area contributed by atoms with Crippen LogP contribution in [0, 0.1) is 5.92 Å². The number of hydrogen-bond acceptors (Lipinski definition) is 3. The van der Waals surface area contributed by atoms with Gasteiger partial charge in [-0.05, 0) is 36.5 Å². The van der Waals surface area contributed by atoms with Crippen molar-refractivity contribution < 1.29 is 14.3 Å². The van der Waals surface area contributed by atoms with Gasteiger partial charge < -0.3 is 14.8 Å². The molecule has 3 rings (SSSR count). The lowest BCUT2D eigenvalue weighted by Crippen LogP contribution is -2.29. The van der Waals surface area contributed by atoms with Crippen molar-refractivity contribution in [3.05, 3.63) is 23.3 Å². The molecule has 1 aromatic carbocycles. The highest BCUT2D eigenvalue weighted by Crippen LogP contribution is 2.44. The summed E-state index contributed by atoms with van der Waals surface area (Å²) in [5.41, 5.74) is 1.78. The fourth-order valence-electron chi connectivity index (χ4n) is 2.79. The monoisotopic (exact) mass is 247 g/mol. The van der Waals surface area contributed by atoms with Crippen LogP contribution < -0.4 is 14.8 Å². The Morgan fingerprint density at radius 3 is 2.39 bits per heavy atom. The van der Waals surface area contributed by atoms with Crippen LogP contribution in [0.3, 0.4) is 0 Å². The lowest BCUT2D eigenvalue weighted by atomic mass is 9.77. The fourth-order valence-corrected chi connectivity index (χ4v) is 2.79. The normalized spacial score (nSPS) is 22.1.